The first kappa shape index (κ1) is 12.2. The summed E-state index contributed by atoms with van der Waals surface area (Å²) in [4.78, 5) is 4.06. The van der Waals surface area contributed by atoms with E-state index in [4.69, 9.17) is 11.7 Å². The molecule has 0 aliphatic carbocycles. The third-order valence-corrected chi connectivity index (χ3v) is 2.68. The average molecular weight is 229 g/mol. The Morgan fingerprint density at radius 2 is 2.19 bits per heavy atom. The number of amidine groups is 1. The number of thioether (sulfide) groups is 1. The molecule has 0 saturated carbocycles. The number of terminal acetylenes is 1. The Labute approximate surface area is 99.6 Å². The summed E-state index contributed by atoms with van der Waals surface area (Å²) in [5.41, 5.74) is 1.18. The van der Waals surface area contributed by atoms with E-state index in [9.17, 15) is 0 Å². The molecule has 0 amide bonds. The van der Waals surface area contributed by atoms with Crippen LogP contribution in [0.25, 0.3) is 0 Å². The molecule has 0 aliphatic heterocycles. The van der Waals surface area contributed by atoms with E-state index in [1.54, 1.807) is 0 Å². The molecule has 0 aliphatic rings. The fraction of sp³-hybridized carbons (Fsp3) is 0.167. The van der Waals surface area contributed by atoms with Crippen molar-refractivity contribution < 1.29 is 0 Å². The standard InChI is InChI=1S/C12H11N3S/c1-2-8-14-12(15-10-13)16-9-11-6-4-3-5-7-11/h1,3-7H,8-9H2,(H,14,15). The molecule has 0 aromatic heterocycles. The molecular formula is C12H11N3S. The molecule has 1 N–H and O–H groups in total. The highest BCUT2D eigenvalue weighted by Crippen LogP contribution is 2.12. The summed E-state index contributed by atoms with van der Waals surface area (Å²) >= 11 is 1.46. The summed E-state index contributed by atoms with van der Waals surface area (Å²) in [7, 11) is 0. The number of nitrogens with one attached hydrogen (secondary N) is 1. The predicted octanol–water partition coefficient (Wildman–Crippen LogP) is 1.98. The van der Waals surface area contributed by atoms with Crippen LogP contribution >= 0.6 is 11.8 Å². The minimum Gasteiger partial charge on any atom is -0.272 e. The van der Waals surface area contributed by atoms with E-state index < -0.39 is 0 Å². The summed E-state index contributed by atoms with van der Waals surface area (Å²) in [6, 6.07) is 9.98. The Hall–Kier alpha value is -1.91. The van der Waals surface area contributed by atoms with Gasteiger partial charge in [0.25, 0.3) is 0 Å². The van der Waals surface area contributed by atoms with Gasteiger partial charge in [0, 0.05) is 5.75 Å². The summed E-state index contributed by atoms with van der Waals surface area (Å²) in [6.07, 6.45) is 6.95. The van der Waals surface area contributed by atoms with E-state index >= 15 is 0 Å². The van der Waals surface area contributed by atoms with Gasteiger partial charge >= 0.3 is 0 Å². The first-order valence-corrected chi connectivity index (χ1v) is 5.65. The largest absolute Gasteiger partial charge is 0.272 e. The van der Waals surface area contributed by atoms with Gasteiger partial charge in [0.1, 0.15) is 6.54 Å². The number of benzene rings is 1. The number of rotatable bonds is 3. The maximum absolute atomic E-state index is 8.53. The maximum Gasteiger partial charge on any atom is 0.183 e. The van der Waals surface area contributed by atoms with Crippen molar-refractivity contribution in [3.63, 3.8) is 0 Å². The Balaban J connectivity index is 2.51. The second kappa shape index (κ2) is 7.39. The first-order valence-electron chi connectivity index (χ1n) is 4.66. The van der Waals surface area contributed by atoms with Crippen molar-refractivity contribution in [2.45, 2.75) is 5.75 Å². The highest BCUT2D eigenvalue weighted by molar-refractivity contribution is 8.13. The molecule has 80 valence electrons. The van der Waals surface area contributed by atoms with Crippen molar-refractivity contribution in [1.29, 1.82) is 5.26 Å². The van der Waals surface area contributed by atoms with Gasteiger partial charge in [0.15, 0.2) is 11.4 Å². The lowest BCUT2D eigenvalue weighted by atomic mass is 10.2. The zero-order valence-electron chi connectivity index (χ0n) is 8.68. The minimum absolute atomic E-state index is 0.284. The zero-order chi connectivity index (χ0) is 11.6. The molecule has 0 unspecified atom stereocenters. The van der Waals surface area contributed by atoms with Crippen LogP contribution in [0.1, 0.15) is 5.56 Å². The topological polar surface area (TPSA) is 48.2 Å². The van der Waals surface area contributed by atoms with E-state index in [1.165, 1.54) is 17.3 Å². The monoisotopic (exact) mass is 229 g/mol. The van der Waals surface area contributed by atoms with Gasteiger partial charge in [-0.05, 0) is 5.56 Å². The van der Waals surface area contributed by atoms with Gasteiger partial charge in [-0.25, -0.2) is 4.99 Å². The van der Waals surface area contributed by atoms with Crippen molar-refractivity contribution in [3.8, 4) is 18.5 Å². The molecule has 0 spiro atoms. The summed E-state index contributed by atoms with van der Waals surface area (Å²) in [6.45, 7) is 0.284. The van der Waals surface area contributed by atoms with E-state index in [2.05, 4.69) is 16.2 Å². The quantitative estimate of drug-likeness (QED) is 0.283. The molecule has 1 aromatic rings. The Morgan fingerprint density at radius 1 is 1.44 bits per heavy atom. The first-order chi connectivity index (χ1) is 7.86. The molecule has 1 rings (SSSR count). The van der Waals surface area contributed by atoms with E-state index in [0.29, 0.717) is 5.17 Å². The van der Waals surface area contributed by atoms with Crippen LogP contribution in [0.5, 0.6) is 0 Å². The van der Waals surface area contributed by atoms with Gasteiger partial charge in [-0.3, -0.25) is 5.32 Å². The lowest BCUT2D eigenvalue weighted by molar-refractivity contribution is 1.21. The minimum atomic E-state index is 0.284. The fourth-order valence-corrected chi connectivity index (χ4v) is 1.78. The molecule has 0 saturated heterocycles. The number of hydrogen-bond donors (Lipinski definition) is 1. The van der Waals surface area contributed by atoms with Crippen molar-refractivity contribution in [2.24, 2.45) is 4.99 Å². The van der Waals surface area contributed by atoms with Crippen molar-refractivity contribution in [2.75, 3.05) is 6.54 Å². The molecule has 4 heteroatoms. The average Bonchev–Trinajstić information content (AvgIpc) is 2.34. The van der Waals surface area contributed by atoms with Crippen molar-refractivity contribution >= 4 is 16.9 Å². The molecule has 16 heavy (non-hydrogen) atoms. The molecule has 0 atom stereocenters. The van der Waals surface area contributed by atoms with Gasteiger partial charge in [-0.2, -0.15) is 5.26 Å². The second-order valence-electron chi connectivity index (χ2n) is 2.84. The Bertz CT molecular complexity index is 426. The number of aliphatic imine (C=N–C) groups is 1. The third kappa shape index (κ3) is 4.54. The molecule has 0 fully saturated rings. The van der Waals surface area contributed by atoms with Crippen molar-refractivity contribution in [3.05, 3.63) is 35.9 Å². The molecular weight excluding hydrogens is 218 g/mol. The van der Waals surface area contributed by atoms with E-state index in [0.717, 1.165) is 5.75 Å². The number of nitriles is 1. The number of nitrogens with zero attached hydrogens (tertiary/aromatic N) is 2. The van der Waals surface area contributed by atoms with Crippen LogP contribution in [-0.4, -0.2) is 11.7 Å². The molecule has 0 radical (unpaired) electrons. The van der Waals surface area contributed by atoms with Crippen LogP contribution in [0.4, 0.5) is 0 Å². The summed E-state index contributed by atoms with van der Waals surface area (Å²) in [5.74, 6) is 3.17. The van der Waals surface area contributed by atoms with Crippen LogP contribution in [0.15, 0.2) is 35.3 Å². The molecule has 0 heterocycles. The molecule has 1 aromatic carbocycles. The maximum atomic E-state index is 8.53. The van der Waals surface area contributed by atoms with Gasteiger partial charge in [0.2, 0.25) is 0 Å². The molecule has 0 bridgehead atoms. The fourth-order valence-electron chi connectivity index (χ4n) is 1.01. The van der Waals surface area contributed by atoms with Gasteiger partial charge < -0.3 is 0 Å². The van der Waals surface area contributed by atoms with E-state index in [1.807, 2.05) is 36.5 Å². The zero-order valence-corrected chi connectivity index (χ0v) is 9.50. The van der Waals surface area contributed by atoms with Gasteiger partial charge in [-0.15, -0.1) is 6.42 Å². The van der Waals surface area contributed by atoms with Gasteiger partial charge in [-0.1, -0.05) is 48.0 Å². The van der Waals surface area contributed by atoms with Crippen LogP contribution < -0.4 is 5.32 Å². The number of hydrogen-bond acceptors (Lipinski definition) is 3. The van der Waals surface area contributed by atoms with Crippen LogP contribution in [-0.2, 0) is 5.75 Å². The Morgan fingerprint density at radius 3 is 2.81 bits per heavy atom. The van der Waals surface area contributed by atoms with Crippen LogP contribution in [0, 0.1) is 23.8 Å². The molecule has 3 nitrogen and oxygen atoms in total. The van der Waals surface area contributed by atoms with E-state index in [-0.39, 0.29) is 6.54 Å². The lowest BCUT2D eigenvalue weighted by Crippen LogP contribution is -2.14. The van der Waals surface area contributed by atoms with Crippen LogP contribution in [0.3, 0.4) is 0 Å². The third-order valence-electron chi connectivity index (χ3n) is 1.70. The van der Waals surface area contributed by atoms with Gasteiger partial charge in [0.05, 0.1) is 0 Å². The lowest BCUT2D eigenvalue weighted by Gasteiger charge is -2.02. The Kier molecular flexibility index (Phi) is 5.62. The van der Waals surface area contributed by atoms with Crippen LogP contribution in [0.2, 0.25) is 0 Å². The van der Waals surface area contributed by atoms with Crippen molar-refractivity contribution in [1.82, 2.24) is 5.32 Å². The highest BCUT2D eigenvalue weighted by Gasteiger charge is 1.99. The normalized spacial score (nSPS) is 10.2. The SMILES string of the molecule is C#CCN=C(NC#N)SCc1ccccc1. The second-order valence-corrected chi connectivity index (χ2v) is 3.80. The highest BCUT2D eigenvalue weighted by atomic mass is 32.2. The summed E-state index contributed by atoms with van der Waals surface area (Å²) < 4.78 is 0. The predicted molar refractivity (Wildman–Crippen MR) is 67.6 cm³/mol. The summed E-state index contributed by atoms with van der Waals surface area (Å²) in [5, 5.41) is 11.6. The smallest absolute Gasteiger partial charge is 0.183 e.